The maximum atomic E-state index is 6.03. The van der Waals surface area contributed by atoms with Gasteiger partial charge in [-0.3, -0.25) is 0 Å². The first-order chi connectivity index (χ1) is 7.71. The molecular formula is C15H21N. The van der Waals surface area contributed by atoms with Gasteiger partial charge >= 0.3 is 0 Å². The molecule has 2 fully saturated rings. The Morgan fingerprint density at radius 1 is 1.19 bits per heavy atom. The van der Waals surface area contributed by atoms with Crippen LogP contribution in [0.3, 0.4) is 0 Å². The fourth-order valence-electron chi connectivity index (χ4n) is 3.53. The van der Waals surface area contributed by atoms with Gasteiger partial charge in [0.2, 0.25) is 0 Å². The van der Waals surface area contributed by atoms with Crippen LogP contribution in [0.5, 0.6) is 0 Å². The lowest BCUT2D eigenvalue weighted by molar-refractivity contribution is 0.273. The first kappa shape index (κ1) is 10.3. The third-order valence-electron chi connectivity index (χ3n) is 4.59. The van der Waals surface area contributed by atoms with E-state index in [0.29, 0.717) is 5.41 Å². The van der Waals surface area contributed by atoms with E-state index in [2.05, 4.69) is 31.2 Å². The van der Waals surface area contributed by atoms with Crippen molar-refractivity contribution in [3.8, 4) is 0 Å². The molecule has 2 N–H and O–H groups in total. The molecule has 0 aliphatic heterocycles. The number of rotatable bonds is 3. The van der Waals surface area contributed by atoms with Crippen LogP contribution in [0.4, 0.5) is 0 Å². The molecule has 0 amide bonds. The summed E-state index contributed by atoms with van der Waals surface area (Å²) in [5.74, 6) is 2.04. The summed E-state index contributed by atoms with van der Waals surface area (Å²) in [5.41, 5.74) is 9.28. The van der Waals surface area contributed by atoms with Crippen molar-refractivity contribution in [2.45, 2.75) is 32.6 Å². The second kappa shape index (κ2) is 3.59. The van der Waals surface area contributed by atoms with E-state index in [-0.39, 0.29) is 0 Å². The fraction of sp³-hybridized carbons (Fsp3) is 0.600. The van der Waals surface area contributed by atoms with Gasteiger partial charge in [-0.15, -0.1) is 0 Å². The summed E-state index contributed by atoms with van der Waals surface area (Å²) in [6, 6.07) is 8.98. The zero-order valence-electron chi connectivity index (χ0n) is 10.1. The minimum absolute atomic E-state index is 0.433. The predicted molar refractivity (Wildman–Crippen MR) is 67.2 cm³/mol. The Labute approximate surface area is 98.0 Å². The Hall–Kier alpha value is -0.820. The molecular weight excluding hydrogens is 194 g/mol. The summed E-state index contributed by atoms with van der Waals surface area (Å²) >= 11 is 0. The van der Waals surface area contributed by atoms with Crippen molar-refractivity contribution in [1.29, 1.82) is 0 Å². The topological polar surface area (TPSA) is 26.0 Å². The Bertz CT molecular complexity index is 369. The molecule has 2 aliphatic rings. The first-order valence-electron chi connectivity index (χ1n) is 6.46. The molecule has 0 aromatic heterocycles. The van der Waals surface area contributed by atoms with Crippen molar-refractivity contribution >= 4 is 0 Å². The van der Waals surface area contributed by atoms with E-state index in [0.717, 1.165) is 18.4 Å². The van der Waals surface area contributed by atoms with Crippen LogP contribution in [-0.4, -0.2) is 6.54 Å². The van der Waals surface area contributed by atoms with Crippen LogP contribution < -0.4 is 5.73 Å². The lowest BCUT2D eigenvalue weighted by Gasteiger charge is -2.29. The van der Waals surface area contributed by atoms with Crippen LogP contribution >= 0.6 is 0 Å². The van der Waals surface area contributed by atoms with Gasteiger partial charge < -0.3 is 5.73 Å². The molecule has 0 radical (unpaired) electrons. The van der Waals surface area contributed by atoms with E-state index in [1.807, 2.05) is 0 Å². The third kappa shape index (κ3) is 1.78. The Kier molecular flexibility index (Phi) is 2.32. The molecule has 0 bridgehead atoms. The van der Waals surface area contributed by atoms with Crippen LogP contribution in [0.25, 0.3) is 0 Å². The number of hydrogen-bond acceptors (Lipinski definition) is 1. The molecule has 2 unspecified atom stereocenters. The van der Waals surface area contributed by atoms with Gasteiger partial charge in [-0.05, 0) is 62.0 Å². The van der Waals surface area contributed by atoms with Gasteiger partial charge in [-0.1, -0.05) is 29.8 Å². The van der Waals surface area contributed by atoms with E-state index >= 15 is 0 Å². The molecule has 2 atom stereocenters. The Balaban J connectivity index is 1.75. The minimum atomic E-state index is 0.433. The zero-order chi connectivity index (χ0) is 11.2. The molecule has 1 aromatic carbocycles. The molecule has 1 aromatic rings. The second-order valence-corrected chi connectivity index (χ2v) is 6.03. The highest BCUT2D eigenvalue weighted by atomic mass is 14.7. The lowest BCUT2D eigenvalue weighted by Crippen LogP contribution is -2.31. The molecule has 3 rings (SSSR count). The summed E-state index contributed by atoms with van der Waals surface area (Å²) in [7, 11) is 0. The monoisotopic (exact) mass is 215 g/mol. The van der Waals surface area contributed by atoms with E-state index in [9.17, 15) is 0 Å². The number of hydrogen-bond donors (Lipinski definition) is 1. The smallest absolute Gasteiger partial charge is 0.00171 e. The lowest BCUT2D eigenvalue weighted by atomic mass is 9.77. The normalized spacial score (nSPS) is 36.1. The minimum Gasteiger partial charge on any atom is -0.330 e. The van der Waals surface area contributed by atoms with Crippen molar-refractivity contribution in [3.63, 3.8) is 0 Å². The molecule has 0 heterocycles. The molecule has 1 heteroatoms. The summed E-state index contributed by atoms with van der Waals surface area (Å²) in [5, 5.41) is 0. The van der Waals surface area contributed by atoms with Gasteiger partial charge in [-0.2, -0.15) is 0 Å². The van der Waals surface area contributed by atoms with Crippen molar-refractivity contribution in [2.75, 3.05) is 6.54 Å². The van der Waals surface area contributed by atoms with Gasteiger partial charge in [-0.25, -0.2) is 0 Å². The quantitative estimate of drug-likeness (QED) is 0.824. The Morgan fingerprint density at radius 3 is 2.38 bits per heavy atom. The van der Waals surface area contributed by atoms with Gasteiger partial charge in [0, 0.05) is 0 Å². The van der Waals surface area contributed by atoms with Crippen LogP contribution in [-0.2, 0) is 6.42 Å². The van der Waals surface area contributed by atoms with E-state index < -0.39 is 0 Å². The van der Waals surface area contributed by atoms with Gasteiger partial charge in [0.15, 0.2) is 0 Å². The third-order valence-corrected chi connectivity index (χ3v) is 4.59. The SMILES string of the molecule is Cc1ccc(CC2(CN)CC3CC3C2)cc1. The molecule has 86 valence electrons. The number of nitrogens with two attached hydrogens (primary N) is 1. The summed E-state index contributed by atoms with van der Waals surface area (Å²) in [6.45, 7) is 3.01. The molecule has 0 spiro atoms. The van der Waals surface area contributed by atoms with E-state index in [4.69, 9.17) is 5.73 Å². The standard InChI is InChI=1S/C15H21N/c1-11-2-4-12(5-3-11)7-15(10-16)8-13-6-14(13)9-15/h2-5,13-14H,6-10,16H2,1H3. The number of aryl methyl sites for hydroxylation is 1. The highest BCUT2D eigenvalue weighted by molar-refractivity contribution is 5.23. The molecule has 2 aliphatic carbocycles. The largest absolute Gasteiger partial charge is 0.330 e. The number of benzene rings is 1. The first-order valence-corrected chi connectivity index (χ1v) is 6.46. The van der Waals surface area contributed by atoms with Gasteiger partial charge in [0.25, 0.3) is 0 Å². The van der Waals surface area contributed by atoms with Crippen LogP contribution in [0.15, 0.2) is 24.3 Å². The second-order valence-electron chi connectivity index (χ2n) is 6.03. The highest BCUT2D eigenvalue weighted by Gasteiger charge is 2.52. The van der Waals surface area contributed by atoms with Crippen LogP contribution in [0, 0.1) is 24.2 Å². The van der Waals surface area contributed by atoms with Crippen molar-refractivity contribution in [1.82, 2.24) is 0 Å². The number of fused-ring (bicyclic) bond motifs is 1. The van der Waals surface area contributed by atoms with Gasteiger partial charge in [0.1, 0.15) is 0 Å². The maximum absolute atomic E-state index is 6.03. The molecule has 2 saturated carbocycles. The maximum Gasteiger partial charge on any atom is -0.00171 e. The average molecular weight is 215 g/mol. The summed E-state index contributed by atoms with van der Waals surface area (Å²) in [4.78, 5) is 0. The van der Waals surface area contributed by atoms with Crippen molar-refractivity contribution in [3.05, 3.63) is 35.4 Å². The van der Waals surface area contributed by atoms with E-state index in [1.165, 1.54) is 36.8 Å². The van der Waals surface area contributed by atoms with Crippen LogP contribution in [0.2, 0.25) is 0 Å². The zero-order valence-corrected chi connectivity index (χ0v) is 10.1. The molecule has 16 heavy (non-hydrogen) atoms. The average Bonchev–Trinajstić information content (AvgIpc) is 2.91. The fourth-order valence-corrected chi connectivity index (χ4v) is 3.53. The van der Waals surface area contributed by atoms with Crippen molar-refractivity contribution < 1.29 is 0 Å². The predicted octanol–water partition coefficient (Wildman–Crippen LogP) is 2.91. The summed E-state index contributed by atoms with van der Waals surface area (Å²) < 4.78 is 0. The molecule has 0 saturated heterocycles. The van der Waals surface area contributed by atoms with Crippen molar-refractivity contribution in [2.24, 2.45) is 23.0 Å². The van der Waals surface area contributed by atoms with Crippen LogP contribution in [0.1, 0.15) is 30.4 Å². The summed E-state index contributed by atoms with van der Waals surface area (Å²) in [6.07, 6.45) is 5.43. The molecule has 1 nitrogen and oxygen atoms in total. The highest BCUT2D eigenvalue weighted by Crippen LogP contribution is 2.60. The van der Waals surface area contributed by atoms with E-state index in [1.54, 1.807) is 0 Å². The Morgan fingerprint density at radius 2 is 1.81 bits per heavy atom. The van der Waals surface area contributed by atoms with Gasteiger partial charge in [0.05, 0.1) is 0 Å².